The van der Waals surface area contributed by atoms with Gasteiger partial charge in [0.25, 0.3) is 0 Å². The van der Waals surface area contributed by atoms with E-state index < -0.39 is 0 Å². The van der Waals surface area contributed by atoms with E-state index in [1.807, 2.05) is 66.9 Å². The van der Waals surface area contributed by atoms with Crippen LogP contribution in [0.3, 0.4) is 0 Å². The van der Waals surface area contributed by atoms with Crippen LogP contribution in [0.25, 0.3) is 10.9 Å². The first-order valence-electron chi connectivity index (χ1n) is 8.20. The monoisotopic (exact) mass is 327 g/mol. The van der Waals surface area contributed by atoms with Crippen molar-refractivity contribution in [1.82, 2.24) is 4.57 Å². The predicted octanol–water partition coefficient (Wildman–Crippen LogP) is 4.91. The van der Waals surface area contributed by atoms with E-state index in [1.54, 1.807) is 12.1 Å². The number of ether oxygens (including phenoxy) is 1. The van der Waals surface area contributed by atoms with Gasteiger partial charge in [0.1, 0.15) is 5.75 Å². The van der Waals surface area contributed by atoms with Gasteiger partial charge in [-0.25, -0.2) is 4.79 Å². The highest BCUT2D eigenvalue weighted by molar-refractivity contribution is 6.05. The van der Waals surface area contributed by atoms with Gasteiger partial charge in [0.05, 0.1) is 5.56 Å². The molecule has 3 aromatic carbocycles. The van der Waals surface area contributed by atoms with Crippen molar-refractivity contribution in [3.05, 3.63) is 102 Å². The molecule has 0 aliphatic rings. The van der Waals surface area contributed by atoms with Crippen molar-refractivity contribution >= 4 is 16.9 Å². The molecule has 0 spiro atoms. The lowest BCUT2D eigenvalue weighted by Crippen LogP contribution is -2.08. The number of para-hydroxylation sites is 2. The number of hydrogen-bond donors (Lipinski definition) is 0. The first-order chi connectivity index (χ1) is 12.3. The quantitative estimate of drug-likeness (QED) is 0.394. The minimum Gasteiger partial charge on any atom is -0.423 e. The molecular weight excluding hydrogens is 310 g/mol. The molecule has 0 bridgehead atoms. The van der Waals surface area contributed by atoms with Crippen molar-refractivity contribution in [2.75, 3.05) is 0 Å². The standard InChI is InChI=1S/C22H17NO2/c24-22(25-18-11-5-2-6-12-18)20-16-23(15-17-9-3-1-4-10-17)21-14-8-7-13-19(20)21/h1-14,16H,15H2. The molecule has 0 saturated carbocycles. The SMILES string of the molecule is O=C(Oc1ccccc1)c1cn(Cc2ccccc2)c2ccccc12. The van der Waals surface area contributed by atoms with Crippen molar-refractivity contribution in [1.29, 1.82) is 0 Å². The number of fused-ring (bicyclic) bond motifs is 1. The fourth-order valence-corrected chi connectivity index (χ4v) is 2.97. The molecule has 1 heterocycles. The smallest absolute Gasteiger partial charge is 0.345 e. The van der Waals surface area contributed by atoms with Crippen LogP contribution in [-0.2, 0) is 6.54 Å². The van der Waals surface area contributed by atoms with E-state index in [4.69, 9.17) is 4.74 Å². The molecule has 0 N–H and O–H groups in total. The second-order valence-electron chi connectivity index (χ2n) is 5.88. The van der Waals surface area contributed by atoms with E-state index in [0.29, 0.717) is 17.9 Å². The number of carbonyl (C=O) groups excluding carboxylic acids is 1. The van der Waals surface area contributed by atoms with Crippen LogP contribution in [0, 0.1) is 0 Å². The topological polar surface area (TPSA) is 31.2 Å². The average molecular weight is 327 g/mol. The summed E-state index contributed by atoms with van der Waals surface area (Å²) in [6.07, 6.45) is 1.88. The maximum atomic E-state index is 12.7. The van der Waals surface area contributed by atoms with Gasteiger partial charge in [0.2, 0.25) is 0 Å². The molecule has 0 atom stereocenters. The summed E-state index contributed by atoms with van der Waals surface area (Å²) in [6, 6.07) is 27.2. The first-order valence-corrected chi connectivity index (χ1v) is 8.20. The fraction of sp³-hybridized carbons (Fsp3) is 0.0455. The summed E-state index contributed by atoms with van der Waals surface area (Å²) in [5, 5.41) is 0.902. The van der Waals surface area contributed by atoms with Crippen molar-refractivity contribution in [3.8, 4) is 5.75 Å². The van der Waals surface area contributed by atoms with Crippen molar-refractivity contribution < 1.29 is 9.53 Å². The lowest BCUT2D eigenvalue weighted by molar-refractivity contribution is 0.0736. The fourth-order valence-electron chi connectivity index (χ4n) is 2.97. The molecular formula is C22H17NO2. The molecule has 4 rings (SSSR count). The van der Waals surface area contributed by atoms with E-state index in [2.05, 4.69) is 16.7 Å². The number of nitrogens with zero attached hydrogens (tertiary/aromatic N) is 1. The van der Waals surface area contributed by atoms with E-state index in [0.717, 1.165) is 10.9 Å². The molecule has 0 aliphatic carbocycles. The summed E-state index contributed by atoms with van der Waals surface area (Å²) >= 11 is 0. The van der Waals surface area contributed by atoms with Crippen molar-refractivity contribution in [2.24, 2.45) is 0 Å². The summed E-state index contributed by atoms with van der Waals surface area (Å²) < 4.78 is 7.61. The van der Waals surface area contributed by atoms with E-state index in [9.17, 15) is 4.79 Å². The Hall–Kier alpha value is -3.33. The van der Waals surface area contributed by atoms with Crippen molar-refractivity contribution in [3.63, 3.8) is 0 Å². The Morgan fingerprint density at radius 2 is 1.44 bits per heavy atom. The Bertz CT molecular complexity index is 1000. The molecule has 0 amide bonds. The van der Waals surface area contributed by atoms with E-state index in [1.165, 1.54) is 5.56 Å². The van der Waals surface area contributed by atoms with E-state index in [-0.39, 0.29) is 5.97 Å². The maximum Gasteiger partial charge on any atom is 0.345 e. The Morgan fingerprint density at radius 1 is 0.800 bits per heavy atom. The Labute approximate surface area is 146 Å². The molecule has 25 heavy (non-hydrogen) atoms. The second kappa shape index (κ2) is 6.65. The molecule has 122 valence electrons. The maximum absolute atomic E-state index is 12.7. The lowest BCUT2D eigenvalue weighted by Gasteiger charge is -2.05. The molecule has 0 saturated heterocycles. The van der Waals surface area contributed by atoms with Crippen LogP contribution >= 0.6 is 0 Å². The van der Waals surface area contributed by atoms with Gasteiger partial charge < -0.3 is 9.30 Å². The summed E-state index contributed by atoms with van der Waals surface area (Å²) in [5.74, 6) is 0.210. The lowest BCUT2D eigenvalue weighted by atomic mass is 10.2. The van der Waals surface area contributed by atoms with Crippen LogP contribution in [0.15, 0.2) is 91.1 Å². The van der Waals surface area contributed by atoms with Crippen LogP contribution in [0.5, 0.6) is 5.75 Å². The van der Waals surface area contributed by atoms with Crippen LogP contribution in [0.1, 0.15) is 15.9 Å². The average Bonchev–Trinajstić information content (AvgIpc) is 3.02. The van der Waals surface area contributed by atoms with Crippen LogP contribution < -0.4 is 4.74 Å². The van der Waals surface area contributed by atoms with Gasteiger partial charge in [-0.3, -0.25) is 0 Å². The predicted molar refractivity (Wildman–Crippen MR) is 98.9 cm³/mol. The number of esters is 1. The largest absolute Gasteiger partial charge is 0.423 e. The third-order valence-corrected chi connectivity index (χ3v) is 4.16. The molecule has 0 radical (unpaired) electrons. The molecule has 4 aromatic rings. The zero-order valence-corrected chi connectivity index (χ0v) is 13.6. The molecule has 1 aromatic heterocycles. The van der Waals surface area contributed by atoms with Crippen LogP contribution in [0.4, 0.5) is 0 Å². The third kappa shape index (κ3) is 3.17. The second-order valence-corrected chi connectivity index (χ2v) is 5.88. The van der Waals surface area contributed by atoms with Gasteiger partial charge in [0.15, 0.2) is 0 Å². The van der Waals surface area contributed by atoms with Gasteiger partial charge in [-0.1, -0.05) is 66.7 Å². The summed E-state index contributed by atoms with van der Waals surface area (Å²) in [6.45, 7) is 0.708. The van der Waals surface area contributed by atoms with Crippen LogP contribution in [0.2, 0.25) is 0 Å². The minimum absolute atomic E-state index is 0.339. The van der Waals surface area contributed by atoms with Gasteiger partial charge in [-0.05, 0) is 23.8 Å². The summed E-state index contributed by atoms with van der Waals surface area (Å²) in [4.78, 5) is 12.7. The molecule has 3 heteroatoms. The molecule has 0 aliphatic heterocycles. The Morgan fingerprint density at radius 3 is 2.20 bits per heavy atom. The van der Waals surface area contributed by atoms with Crippen molar-refractivity contribution in [2.45, 2.75) is 6.54 Å². The zero-order chi connectivity index (χ0) is 17.1. The summed E-state index contributed by atoms with van der Waals surface area (Å²) in [7, 11) is 0. The number of rotatable bonds is 4. The highest BCUT2D eigenvalue weighted by atomic mass is 16.5. The van der Waals surface area contributed by atoms with Crippen LogP contribution in [-0.4, -0.2) is 10.5 Å². The number of benzene rings is 3. The third-order valence-electron chi connectivity index (χ3n) is 4.16. The van der Waals surface area contributed by atoms with Gasteiger partial charge in [0, 0.05) is 23.6 Å². The first kappa shape index (κ1) is 15.2. The van der Waals surface area contributed by atoms with Gasteiger partial charge in [-0.15, -0.1) is 0 Å². The highest BCUT2D eigenvalue weighted by Crippen LogP contribution is 2.24. The van der Waals surface area contributed by atoms with E-state index >= 15 is 0 Å². The number of carbonyl (C=O) groups is 1. The zero-order valence-electron chi connectivity index (χ0n) is 13.6. The number of hydrogen-bond acceptors (Lipinski definition) is 2. The minimum atomic E-state index is -0.339. The molecule has 0 unspecified atom stereocenters. The molecule has 3 nitrogen and oxygen atoms in total. The Kier molecular flexibility index (Phi) is 4.05. The number of aromatic nitrogens is 1. The molecule has 0 fully saturated rings. The normalized spacial score (nSPS) is 10.7. The van der Waals surface area contributed by atoms with Gasteiger partial charge >= 0.3 is 5.97 Å². The van der Waals surface area contributed by atoms with Gasteiger partial charge in [-0.2, -0.15) is 0 Å². The summed E-state index contributed by atoms with van der Waals surface area (Å²) in [5.41, 5.74) is 2.79. The Balaban J connectivity index is 1.71. The highest BCUT2D eigenvalue weighted by Gasteiger charge is 2.17.